The number of aliphatic imine (C=N–C) groups is 1. The van der Waals surface area contributed by atoms with Crippen molar-refractivity contribution in [3.05, 3.63) is 23.8 Å². The van der Waals surface area contributed by atoms with Crippen molar-refractivity contribution < 1.29 is 19.1 Å². The molecule has 1 aromatic carbocycles. The minimum absolute atomic E-state index is 0.136. The van der Waals surface area contributed by atoms with Gasteiger partial charge in [-0.1, -0.05) is 37.7 Å². The summed E-state index contributed by atoms with van der Waals surface area (Å²) in [5.74, 6) is 2.56. The number of guanidine groups is 1. The summed E-state index contributed by atoms with van der Waals surface area (Å²) in [6.45, 7) is 16.9. The molecule has 0 fully saturated rings. The van der Waals surface area contributed by atoms with Crippen LogP contribution in [0, 0.1) is 12.3 Å². The molecular formula is C22H33N3O4Si. The Morgan fingerprint density at radius 1 is 0.967 bits per heavy atom. The molecule has 0 aliphatic heterocycles. The highest BCUT2D eigenvalue weighted by Gasteiger charge is 2.24. The number of ether oxygens (including phenoxy) is 2. The second-order valence-corrected chi connectivity index (χ2v) is 14.8. The molecule has 2 amide bonds. The van der Waals surface area contributed by atoms with Crippen molar-refractivity contribution in [2.75, 3.05) is 0 Å². The zero-order valence-electron chi connectivity index (χ0n) is 19.4. The van der Waals surface area contributed by atoms with Crippen LogP contribution in [0.25, 0.3) is 0 Å². The molecule has 0 bridgehead atoms. The van der Waals surface area contributed by atoms with Crippen LogP contribution in [0.1, 0.15) is 47.1 Å². The predicted molar refractivity (Wildman–Crippen MR) is 123 cm³/mol. The summed E-state index contributed by atoms with van der Waals surface area (Å²) in [4.78, 5) is 28.9. The molecule has 1 rings (SSSR count). The molecule has 0 saturated carbocycles. The molecular weight excluding hydrogens is 398 g/mol. The van der Waals surface area contributed by atoms with E-state index in [0.29, 0.717) is 11.3 Å². The molecule has 1 aromatic rings. The largest absolute Gasteiger partial charge is 0.444 e. The van der Waals surface area contributed by atoms with Gasteiger partial charge in [-0.15, -0.1) is 6.42 Å². The van der Waals surface area contributed by atoms with E-state index in [1.165, 1.54) is 0 Å². The molecule has 2 N–H and O–H groups in total. The molecule has 0 radical (unpaired) electrons. The molecule has 0 aliphatic rings. The summed E-state index contributed by atoms with van der Waals surface area (Å²) in [7, 11) is -1.74. The van der Waals surface area contributed by atoms with Gasteiger partial charge < -0.3 is 9.47 Å². The summed E-state index contributed by atoms with van der Waals surface area (Å²) in [6.07, 6.45) is 4.25. The van der Waals surface area contributed by atoms with Crippen molar-refractivity contribution in [1.82, 2.24) is 10.6 Å². The van der Waals surface area contributed by atoms with Crippen molar-refractivity contribution >= 4 is 37.1 Å². The third-order valence-corrected chi connectivity index (χ3v) is 5.50. The number of amides is 2. The third-order valence-electron chi connectivity index (χ3n) is 3.47. The Balaban J connectivity index is 3.37. The SMILES string of the molecule is C#Cc1c(N=C(NC(=O)OC(C)(C)C)NC(=O)OC(C)(C)C)cccc1[Si](C)(C)C. The molecule has 0 aromatic heterocycles. The molecule has 0 unspecified atom stereocenters. The monoisotopic (exact) mass is 431 g/mol. The van der Waals surface area contributed by atoms with Crippen LogP contribution in [0.5, 0.6) is 0 Å². The topological polar surface area (TPSA) is 89.0 Å². The average molecular weight is 432 g/mol. The van der Waals surface area contributed by atoms with Crippen LogP contribution in [-0.4, -0.2) is 37.4 Å². The quantitative estimate of drug-likeness (QED) is 0.317. The lowest BCUT2D eigenvalue weighted by Gasteiger charge is -2.22. The first-order chi connectivity index (χ1) is 13.5. The number of hydrogen-bond acceptors (Lipinski definition) is 5. The number of nitrogens with one attached hydrogen (secondary N) is 2. The molecule has 30 heavy (non-hydrogen) atoms. The molecule has 0 atom stereocenters. The fraction of sp³-hybridized carbons (Fsp3) is 0.500. The number of carbonyl (C=O) groups is 2. The summed E-state index contributed by atoms with van der Waals surface area (Å²) in [5.41, 5.74) is -0.350. The van der Waals surface area contributed by atoms with Crippen LogP contribution in [0.4, 0.5) is 15.3 Å². The highest BCUT2D eigenvalue weighted by molar-refractivity contribution is 6.89. The van der Waals surface area contributed by atoms with Crippen LogP contribution in [0.15, 0.2) is 23.2 Å². The van der Waals surface area contributed by atoms with Crippen molar-refractivity contribution in [1.29, 1.82) is 0 Å². The maximum absolute atomic E-state index is 12.3. The Morgan fingerprint density at radius 3 is 1.80 bits per heavy atom. The Morgan fingerprint density at radius 2 is 1.43 bits per heavy atom. The van der Waals surface area contributed by atoms with Crippen LogP contribution in [0.3, 0.4) is 0 Å². The summed E-state index contributed by atoms with van der Waals surface area (Å²) < 4.78 is 10.5. The lowest BCUT2D eigenvalue weighted by atomic mass is 10.2. The summed E-state index contributed by atoms with van der Waals surface area (Å²) in [6, 6.07) is 5.57. The fourth-order valence-electron chi connectivity index (χ4n) is 2.42. The van der Waals surface area contributed by atoms with Gasteiger partial charge in [0, 0.05) is 5.56 Å². The fourth-order valence-corrected chi connectivity index (χ4v) is 3.96. The third kappa shape index (κ3) is 8.70. The van der Waals surface area contributed by atoms with E-state index >= 15 is 0 Å². The Labute approximate surface area is 180 Å². The zero-order valence-corrected chi connectivity index (χ0v) is 20.4. The lowest BCUT2D eigenvalue weighted by Crippen LogP contribution is -2.47. The number of benzene rings is 1. The first-order valence-electron chi connectivity index (χ1n) is 9.70. The summed E-state index contributed by atoms with van der Waals surface area (Å²) in [5, 5.41) is 5.99. The van der Waals surface area contributed by atoms with E-state index in [-0.39, 0.29) is 5.96 Å². The molecule has 0 heterocycles. The number of terminal acetylenes is 1. The van der Waals surface area contributed by atoms with Gasteiger partial charge in [0.15, 0.2) is 0 Å². The van der Waals surface area contributed by atoms with E-state index < -0.39 is 31.5 Å². The van der Waals surface area contributed by atoms with Gasteiger partial charge >= 0.3 is 12.2 Å². The molecule has 0 saturated heterocycles. The van der Waals surface area contributed by atoms with Crippen molar-refractivity contribution in [2.24, 2.45) is 4.99 Å². The van der Waals surface area contributed by atoms with Gasteiger partial charge in [0.05, 0.1) is 13.8 Å². The highest BCUT2D eigenvalue weighted by Crippen LogP contribution is 2.19. The number of nitrogens with zero attached hydrogens (tertiary/aromatic N) is 1. The Bertz CT molecular complexity index is 834. The van der Waals surface area contributed by atoms with E-state index in [0.717, 1.165) is 5.19 Å². The van der Waals surface area contributed by atoms with E-state index in [9.17, 15) is 9.59 Å². The highest BCUT2D eigenvalue weighted by atomic mass is 28.3. The molecule has 7 nitrogen and oxygen atoms in total. The maximum atomic E-state index is 12.3. The van der Waals surface area contributed by atoms with Crippen molar-refractivity contribution in [3.63, 3.8) is 0 Å². The van der Waals surface area contributed by atoms with Crippen molar-refractivity contribution in [2.45, 2.75) is 72.4 Å². The van der Waals surface area contributed by atoms with E-state index in [4.69, 9.17) is 15.9 Å². The van der Waals surface area contributed by atoms with Gasteiger partial charge in [-0.25, -0.2) is 14.6 Å². The minimum atomic E-state index is -1.74. The van der Waals surface area contributed by atoms with Crippen LogP contribution in [0.2, 0.25) is 19.6 Å². The van der Waals surface area contributed by atoms with Crippen LogP contribution >= 0.6 is 0 Å². The van der Waals surface area contributed by atoms with Gasteiger partial charge in [-0.05, 0) is 52.8 Å². The standard InChI is InChI=1S/C22H33N3O4Si/c1-11-15-16(13-12-14-17(15)30(8,9)10)23-18(24-19(26)28-21(2,3)4)25-20(27)29-22(5,6)7/h1,12-14H,2-10H3,(H2,23,24,25,26,27). The van der Waals surface area contributed by atoms with Crippen LogP contribution in [-0.2, 0) is 9.47 Å². The predicted octanol–water partition coefficient (Wildman–Crippen LogP) is 4.25. The first kappa shape index (κ1) is 25.2. The first-order valence-corrected chi connectivity index (χ1v) is 13.2. The Kier molecular flexibility index (Phi) is 7.87. The Hall–Kier alpha value is -2.79. The van der Waals surface area contributed by atoms with Crippen LogP contribution < -0.4 is 15.8 Å². The second kappa shape index (κ2) is 9.35. The molecule has 0 spiro atoms. The van der Waals surface area contributed by atoms with Gasteiger partial charge in [-0.2, -0.15) is 0 Å². The molecule has 8 heteroatoms. The smallest absolute Gasteiger partial charge is 0.414 e. The van der Waals surface area contributed by atoms with Crippen molar-refractivity contribution in [3.8, 4) is 12.3 Å². The van der Waals surface area contributed by atoms with E-state index in [2.05, 4.69) is 41.2 Å². The van der Waals surface area contributed by atoms with Gasteiger partial charge in [0.1, 0.15) is 11.2 Å². The number of rotatable bonds is 2. The van der Waals surface area contributed by atoms with Gasteiger partial charge in [-0.3, -0.25) is 10.6 Å². The van der Waals surface area contributed by atoms with E-state index in [1.807, 2.05) is 12.1 Å². The summed E-state index contributed by atoms with van der Waals surface area (Å²) >= 11 is 0. The number of alkyl carbamates (subject to hydrolysis) is 2. The maximum Gasteiger partial charge on any atom is 0.414 e. The van der Waals surface area contributed by atoms with Gasteiger partial charge in [0.25, 0.3) is 0 Å². The normalized spacial score (nSPS) is 11.7. The number of carbonyl (C=O) groups excluding carboxylic acids is 2. The average Bonchev–Trinajstić information content (AvgIpc) is 2.49. The number of hydrogen-bond donors (Lipinski definition) is 2. The lowest BCUT2D eigenvalue weighted by molar-refractivity contribution is 0.0545. The minimum Gasteiger partial charge on any atom is -0.444 e. The molecule has 164 valence electrons. The second-order valence-electron chi connectivity index (χ2n) is 9.81. The van der Waals surface area contributed by atoms with Gasteiger partial charge in [0.2, 0.25) is 5.96 Å². The van der Waals surface area contributed by atoms with E-state index in [1.54, 1.807) is 47.6 Å². The zero-order chi connectivity index (χ0) is 23.3. The molecule has 0 aliphatic carbocycles.